The van der Waals surface area contributed by atoms with Gasteiger partial charge in [-0.3, -0.25) is 19.7 Å². The minimum Gasteiger partial charge on any atom is -0.343 e. The maximum absolute atomic E-state index is 11.1. The highest BCUT2D eigenvalue weighted by Crippen LogP contribution is 2.03. The van der Waals surface area contributed by atoms with Gasteiger partial charge in [0.05, 0.1) is 0 Å². The Bertz CT molecular complexity index is 254. The Morgan fingerprint density at radius 3 is 2.85 bits per heavy atom. The summed E-state index contributed by atoms with van der Waals surface area (Å²) in [6.45, 7) is 0. The van der Waals surface area contributed by atoms with Crippen molar-refractivity contribution in [1.82, 2.24) is 10.6 Å². The van der Waals surface area contributed by atoms with Crippen molar-refractivity contribution in [2.45, 2.75) is 18.9 Å². The second-order valence-corrected chi connectivity index (χ2v) is 2.97. The SMILES string of the molecule is O=C1CC[C@H](NC(=O)CCl)C(=O)N1. The number of rotatable bonds is 2. The zero-order valence-electron chi connectivity index (χ0n) is 6.80. The first kappa shape index (κ1) is 9.98. The van der Waals surface area contributed by atoms with Crippen molar-refractivity contribution < 1.29 is 14.4 Å². The first-order valence-corrected chi connectivity index (χ1v) is 4.36. The quantitative estimate of drug-likeness (QED) is 0.454. The van der Waals surface area contributed by atoms with Crippen molar-refractivity contribution in [3.05, 3.63) is 0 Å². The highest BCUT2D eigenvalue weighted by atomic mass is 35.5. The number of amides is 3. The molecule has 1 heterocycles. The molecule has 0 aromatic carbocycles. The maximum atomic E-state index is 11.1. The second-order valence-electron chi connectivity index (χ2n) is 2.70. The molecule has 1 rings (SSSR count). The molecule has 0 radical (unpaired) electrons. The van der Waals surface area contributed by atoms with Crippen molar-refractivity contribution >= 4 is 29.3 Å². The van der Waals surface area contributed by atoms with Crippen LogP contribution < -0.4 is 10.6 Å². The van der Waals surface area contributed by atoms with Crippen LogP contribution in [0.3, 0.4) is 0 Å². The zero-order valence-corrected chi connectivity index (χ0v) is 7.56. The fourth-order valence-electron chi connectivity index (χ4n) is 1.06. The Hall–Kier alpha value is -1.10. The molecule has 0 aliphatic carbocycles. The molecule has 5 nitrogen and oxygen atoms in total. The lowest BCUT2D eigenvalue weighted by molar-refractivity contribution is -0.136. The Kier molecular flexibility index (Phi) is 3.25. The van der Waals surface area contributed by atoms with E-state index in [9.17, 15) is 14.4 Å². The van der Waals surface area contributed by atoms with Crippen LogP contribution in [0, 0.1) is 0 Å². The molecule has 1 fully saturated rings. The lowest BCUT2D eigenvalue weighted by Crippen LogP contribution is -2.52. The summed E-state index contributed by atoms with van der Waals surface area (Å²) in [5.41, 5.74) is 0. The molecule has 0 aromatic heterocycles. The molecule has 2 N–H and O–H groups in total. The summed E-state index contributed by atoms with van der Waals surface area (Å²) >= 11 is 5.24. The standard InChI is InChI=1S/C7H9ClN2O3/c8-3-6(12)9-4-1-2-5(11)10-7(4)13/h4H,1-3H2,(H,9,12)(H,10,11,13)/t4-/m0/s1. The summed E-state index contributed by atoms with van der Waals surface area (Å²) < 4.78 is 0. The third kappa shape index (κ3) is 2.69. The van der Waals surface area contributed by atoms with Crippen LogP contribution in [0.1, 0.15) is 12.8 Å². The van der Waals surface area contributed by atoms with Gasteiger partial charge < -0.3 is 5.32 Å². The van der Waals surface area contributed by atoms with E-state index in [0.717, 1.165) is 0 Å². The van der Waals surface area contributed by atoms with Crippen molar-refractivity contribution in [2.75, 3.05) is 5.88 Å². The first-order valence-electron chi connectivity index (χ1n) is 3.82. The molecule has 0 bridgehead atoms. The third-order valence-corrected chi connectivity index (χ3v) is 1.94. The van der Waals surface area contributed by atoms with Gasteiger partial charge >= 0.3 is 0 Å². The Morgan fingerprint density at radius 1 is 1.62 bits per heavy atom. The number of alkyl halides is 1. The zero-order chi connectivity index (χ0) is 9.84. The van der Waals surface area contributed by atoms with Gasteiger partial charge in [-0.1, -0.05) is 0 Å². The van der Waals surface area contributed by atoms with Crippen LogP contribution in [0.2, 0.25) is 0 Å². The summed E-state index contributed by atoms with van der Waals surface area (Å²) in [5.74, 6) is -1.36. The predicted molar refractivity (Wildman–Crippen MR) is 45.0 cm³/mol. The monoisotopic (exact) mass is 204 g/mol. The van der Waals surface area contributed by atoms with Gasteiger partial charge in [-0.2, -0.15) is 0 Å². The summed E-state index contributed by atoms with van der Waals surface area (Å²) in [6.07, 6.45) is 0.590. The molecule has 72 valence electrons. The Morgan fingerprint density at radius 2 is 2.31 bits per heavy atom. The van der Waals surface area contributed by atoms with Gasteiger partial charge in [0.1, 0.15) is 11.9 Å². The number of piperidine rings is 1. The fraction of sp³-hybridized carbons (Fsp3) is 0.571. The molecule has 6 heteroatoms. The van der Waals surface area contributed by atoms with E-state index in [4.69, 9.17) is 11.6 Å². The van der Waals surface area contributed by atoms with E-state index < -0.39 is 17.9 Å². The van der Waals surface area contributed by atoms with Gasteiger partial charge in [0.15, 0.2) is 0 Å². The van der Waals surface area contributed by atoms with Crippen LogP contribution in [0.15, 0.2) is 0 Å². The van der Waals surface area contributed by atoms with Crippen LogP contribution in [-0.2, 0) is 14.4 Å². The van der Waals surface area contributed by atoms with Crippen molar-refractivity contribution in [1.29, 1.82) is 0 Å². The van der Waals surface area contributed by atoms with Gasteiger partial charge in [-0.25, -0.2) is 0 Å². The lowest BCUT2D eigenvalue weighted by atomic mass is 10.1. The molecule has 1 atom stereocenters. The van der Waals surface area contributed by atoms with Gasteiger partial charge in [0.2, 0.25) is 17.7 Å². The number of halogens is 1. The minimum absolute atomic E-state index is 0.183. The molecular formula is C7H9ClN2O3. The van der Waals surface area contributed by atoms with Crippen LogP contribution >= 0.6 is 11.6 Å². The van der Waals surface area contributed by atoms with E-state index in [1.807, 2.05) is 0 Å². The highest BCUT2D eigenvalue weighted by molar-refractivity contribution is 6.27. The Labute approximate surface area is 79.8 Å². The maximum Gasteiger partial charge on any atom is 0.249 e. The molecule has 1 saturated heterocycles. The van der Waals surface area contributed by atoms with Crippen molar-refractivity contribution in [3.63, 3.8) is 0 Å². The molecule has 13 heavy (non-hydrogen) atoms. The van der Waals surface area contributed by atoms with Crippen LogP contribution in [0.25, 0.3) is 0 Å². The number of hydrogen-bond acceptors (Lipinski definition) is 3. The van der Waals surface area contributed by atoms with Crippen molar-refractivity contribution in [3.8, 4) is 0 Å². The highest BCUT2D eigenvalue weighted by Gasteiger charge is 2.27. The minimum atomic E-state index is -0.621. The topological polar surface area (TPSA) is 75.3 Å². The van der Waals surface area contributed by atoms with Gasteiger partial charge in [0, 0.05) is 6.42 Å². The van der Waals surface area contributed by atoms with E-state index in [1.54, 1.807) is 0 Å². The molecule has 1 aliphatic heterocycles. The van der Waals surface area contributed by atoms with Crippen LogP contribution in [-0.4, -0.2) is 29.6 Å². The average molecular weight is 205 g/mol. The summed E-state index contributed by atoms with van der Waals surface area (Å²) in [6, 6.07) is -0.621. The smallest absolute Gasteiger partial charge is 0.249 e. The molecular weight excluding hydrogens is 196 g/mol. The first-order chi connectivity index (χ1) is 6.13. The van der Waals surface area contributed by atoms with Crippen LogP contribution in [0.4, 0.5) is 0 Å². The van der Waals surface area contributed by atoms with E-state index in [-0.39, 0.29) is 18.2 Å². The third-order valence-electron chi connectivity index (χ3n) is 1.70. The number of hydrogen-bond donors (Lipinski definition) is 2. The molecule has 0 spiro atoms. The second kappa shape index (κ2) is 4.23. The normalized spacial score (nSPS) is 22.4. The molecule has 3 amide bonds. The van der Waals surface area contributed by atoms with Gasteiger partial charge in [-0.05, 0) is 6.42 Å². The molecule has 0 unspecified atom stereocenters. The summed E-state index contributed by atoms with van der Waals surface area (Å²) in [4.78, 5) is 32.6. The number of carbonyl (C=O) groups is 3. The number of nitrogens with one attached hydrogen (secondary N) is 2. The lowest BCUT2D eigenvalue weighted by Gasteiger charge is -2.21. The molecule has 1 aliphatic rings. The van der Waals surface area contributed by atoms with Crippen LogP contribution in [0.5, 0.6) is 0 Å². The summed E-state index contributed by atoms with van der Waals surface area (Å²) in [5, 5.41) is 4.53. The van der Waals surface area contributed by atoms with E-state index >= 15 is 0 Å². The number of carbonyl (C=O) groups excluding carboxylic acids is 3. The molecule has 0 saturated carbocycles. The van der Waals surface area contributed by atoms with E-state index in [2.05, 4.69) is 10.6 Å². The van der Waals surface area contributed by atoms with E-state index in [1.165, 1.54) is 0 Å². The predicted octanol–water partition coefficient (Wildman–Crippen LogP) is -0.853. The van der Waals surface area contributed by atoms with Crippen molar-refractivity contribution in [2.24, 2.45) is 0 Å². The Balaban J connectivity index is 2.47. The van der Waals surface area contributed by atoms with Gasteiger partial charge in [0.25, 0.3) is 0 Å². The fourth-order valence-corrected chi connectivity index (χ4v) is 1.14. The molecule has 0 aromatic rings. The summed E-state index contributed by atoms with van der Waals surface area (Å²) in [7, 11) is 0. The largest absolute Gasteiger partial charge is 0.343 e. The average Bonchev–Trinajstić information content (AvgIpc) is 2.09. The van der Waals surface area contributed by atoms with E-state index in [0.29, 0.717) is 6.42 Å². The van der Waals surface area contributed by atoms with Gasteiger partial charge in [-0.15, -0.1) is 11.6 Å². The number of imide groups is 1.